The van der Waals surface area contributed by atoms with E-state index in [1.54, 1.807) is 6.07 Å². The molecule has 1 aromatic rings. The Kier molecular flexibility index (Phi) is 4.10. The average molecular weight is 226 g/mol. The molecule has 0 aliphatic heterocycles. The van der Waals surface area contributed by atoms with Gasteiger partial charge in [0, 0.05) is 13.1 Å². The van der Waals surface area contributed by atoms with Gasteiger partial charge in [0.15, 0.2) is 11.5 Å². The van der Waals surface area contributed by atoms with Crippen molar-refractivity contribution in [2.45, 2.75) is 12.6 Å². The highest BCUT2D eigenvalue weighted by molar-refractivity contribution is 5.78. The molecule has 0 heterocycles. The summed E-state index contributed by atoms with van der Waals surface area (Å²) in [5.74, 6) is -1.20. The van der Waals surface area contributed by atoms with Gasteiger partial charge in [-0.2, -0.15) is 0 Å². The van der Waals surface area contributed by atoms with Gasteiger partial charge in [0.1, 0.15) is 6.10 Å². The minimum Gasteiger partial charge on any atom is -0.504 e. The Hall–Kier alpha value is -1.79. The van der Waals surface area contributed by atoms with Crippen LogP contribution in [-0.4, -0.2) is 33.9 Å². The summed E-state index contributed by atoms with van der Waals surface area (Å²) < 4.78 is 0. The molecule has 6 N–H and O–H groups in total. The van der Waals surface area contributed by atoms with Crippen LogP contribution in [0.25, 0.3) is 0 Å². The van der Waals surface area contributed by atoms with Crippen molar-refractivity contribution in [2.75, 3.05) is 6.54 Å². The molecule has 0 fully saturated rings. The molecule has 0 aromatic heterocycles. The molecule has 1 aromatic carbocycles. The Morgan fingerprint density at radius 1 is 1.38 bits per heavy atom. The first-order valence-electron chi connectivity index (χ1n) is 4.69. The van der Waals surface area contributed by atoms with Gasteiger partial charge in [-0.15, -0.1) is 0 Å². The standard InChI is InChI=1S/C10H14N2O4/c11-10(16)9(15)5-12-4-6-1-2-7(13)8(14)3-6/h1-3,9,12-15H,4-5H2,(H2,11,16). The number of carbonyl (C=O) groups is 1. The predicted molar refractivity (Wildman–Crippen MR) is 56.7 cm³/mol. The first kappa shape index (κ1) is 12.3. The van der Waals surface area contributed by atoms with E-state index in [4.69, 9.17) is 15.9 Å². The molecule has 88 valence electrons. The topological polar surface area (TPSA) is 116 Å². The third-order valence-corrected chi connectivity index (χ3v) is 2.04. The number of hydrogen-bond donors (Lipinski definition) is 5. The van der Waals surface area contributed by atoms with E-state index in [0.29, 0.717) is 12.1 Å². The summed E-state index contributed by atoms with van der Waals surface area (Å²) in [5.41, 5.74) is 5.57. The number of nitrogens with two attached hydrogens (primary N) is 1. The lowest BCUT2D eigenvalue weighted by Crippen LogP contribution is -2.37. The van der Waals surface area contributed by atoms with E-state index in [1.807, 2.05) is 0 Å². The van der Waals surface area contributed by atoms with Crippen LogP contribution in [0.15, 0.2) is 18.2 Å². The Labute approximate surface area is 92.3 Å². The van der Waals surface area contributed by atoms with Gasteiger partial charge in [-0.3, -0.25) is 4.79 Å². The molecule has 0 bridgehead atoms. The maximum absolute atomic E-state index is 10.5. The van der Waals surface area contributed by atoms with Crippen molar-refractivity contribution in [2.24, 2.45) is 5.73 Å². The number of amides is 1. The summed E-state index contributed by atoms with van der Waals surface area (Å²) in [6.07, 6.45) is -1.23. The van der Waals surface area contributed by atoms with Gasteiger partial charge in [-0.1, -0.05) is 6.07 Å². The van der Waals surface area contributed by atoms with Crippen LogP contribution >= 0.6 is 0 Å². The van der Waals surface area contributed by atoms with Crippen molar-refractivity contribution < 1.29 is 20.1 Å². The Morgan fingerprint density at radius 2 is 2.06 bits per heavy atom. The van der Waals surface area contributed by atoms with Crippen LogP contribution in [0.2, 0.25) is 0 Å². The lowest BCUT2D eigenvalue weighted by atomic mass is 10.2. The number of aliphatic hydroxyl groups is 1. The fourth-order valence-corrected chi connectivity index (χ4v) is 1.13. The third-order valence-electron chi connectivity index (χ3n) is 2.04. The molecular weight excluding hydrogens is 212 g/mol. The number of aromatic hydroxyl groups is 2. The number of primary amides is 1. The Bertz CT molecular complexity index is 381. The minimum atomic E-state index is -1.23. The molecule has 1 unspecified atom stereocenters. The van der Waals surface area contributed by atoms with E-state index in [-0.39, 0.29) is 18.0 Å². The molecule has 1 atom stereocenters. The molecule has 0 saturated heterocycles. The maximum Gasteiger partial charge on any atom is 0.247 e. The number of benzene rings is 1. The molecule has 16 heavy (non-hydrogen) atoms. The number of nitrogens with one attached hydrogen (secondary N) is 1. The van der Waals surface area contributed by atoms with Crippen LogP contribution in [0.1, 0.15) is 5.56 Å². The van der Waals surface area contributed by atoms with Crippen molar-refractivity contribution >= 4 is 5.91 Å². The summed E-state index contributed by atoms with van der Waals surface area (Å²) in [5, 5.41) is 30.1. The van der Waals surface area contributed by atoms with E-state index >= 15 is 0 Å². The van der Waals surface area contributed by atoms with Gasteiger partial charge < -0.3 is 26.4 Å². The van der Waals surface area contributed by atoms with Crippen LogP contribution in [0.3, 0.4) is 0 Å². The second kappa shape index (κ2) is 5.34. The quantitative estimate of drug-likeness (QED) is 0.414. The summed E-state index contributed by atoms with van der Waals surface area (Å²) >= 11 is 0. The van der Waals surface area contributed by atoms with Gasteiger partial charge >= 0.3 is 0 Å². The fourth-order valence-electron chi connectivity index (χ4n) is 1.13. The average Bonchev–Trinajstić information content (AvgIpc) is 2.23. The maximum atomic E-state index is 10.5. The van der Waals surface area contributed by atoms with Gasteiger partial charge in [-0.05, 0) is 17.7 Å². The molecule has 0 aliphatic rings. The van der Waals surface area contributed by atoms with Crippen molar-refractivity contribution in [3.05, 3.63) is 23.8 Å². The monoisotopic (exact) mass is 226 g/mol. The molecule has 0 radical (unpaired) electrons. The smallest absolute Gasteiger partial charge is 0.247 e. The number of hydrogen-bond acceptors (Lipinski definition) is 5. The van der Waals surface area contributed by atoms with Crippen molar-refractivity contribution in [1.82, 2.24) is 5.32 Å². The lowest BCUT2D eigenvalue weighted by molar-refractivity contribution is -0.125. The van der Waals surface area contributed by atoms with Crippen LogP contribution in [-0.2, 0) is 11.3 Å². The van der Waals surface area contributed by atoms with Crippen molar-refractivity contribution in [3.63, 3.8) is 0 Å². The molecule has 1 amide bonds. The van der Waals surface area contributed by atoms with E-state index in [9.17, 15) is 9.90 Å². The summed E-state index contributed by atoms with van der Waals surface area (Å²) in [6.45, 7) is 0.384. The molecule has 6 nitrogen and oxygen atoms in total. The summed E-state index contributed by atoms with van der Waals surface area (Å²) in [7, 11) is 0. The summed E-state index contributed by atoms with van der Waals surface area (Å²) in [4.78, 5) is 10.5. The number of aliphatic hydroxyl groups excluding tert-OH is 1. The van der Waals surface area contributed by atoms with Crippen molar-refractivity contribution in [1.29, 1.82) is 0 Å². The highest BCUT2D eigenvalue weighted by atomic mass is 16.3. The van der Waals surface area contributed by atoms with Crippen LogP contribution < -0.4 is 11.1 Å². The fraction of sp³-hybridized carbons (Fsp3) is 0.300. The van der Waals surface area contributed by atoms with Crippen LogP contribution in [0, 0.1) is 0 Å². The van der Waals surface area contributed by atoms with E-state index < -0.39 is 12.0 Å². The van der Waals surface area contributed by atoms with Crippen LogP contribution in [0.4, 0.5) is 0 Å². The largest absolute Gasteiger partial charge is 0.504 e. The van der Waals surface area contributed by atoms with Gasteiger partial charge in [0.05, 0.1) is 0 Å². The van der Waals surface area contributed by atoms with E-state index in [0.717, 1.165) is 0 Å². The minimum absolute atomic E-state index is 0.0387. The first-order valence-corrected chi connectivity index (χ1v) is 4.69. The highest BCUT2D eigenvalue weighted by Crippen LogP contribution is 2.24. The number of phenolic OH excluding ortho intramolecular Hbond substituents is 2. The van der Waals surface area contributed by atoms with Crippen molar-refractivity contribution in [3.8, 4) is 11.5 Å². The molecule has 0 aliphatic carbocycles. The normalized spacial score (nSPS) is 12.3. The first-order chi connectivity index (χ1) is 7.50. The van der Waals surface area contributed by atoms with Gasteiger partial charge in [0.25, 0.3) is 0 Å². The molecule has 0 spiro atoms. The van der Waals surface area contributed by atoms with E-state index in [2.05, 4.69) is 5.32 Å². The molecule has 1 rings (SSSR count). The zero-order chi connectivity index (χ0) is 12.1. The zero-order valence-electron chi connectivity index (χ0n) is 8.55. The highest BCUT2D eigenvalue weighted by Gasteiger charge is 2.09. The van der Waals surface area contributed by atoms with Gasteiger partial charge in [-0.25, -0.2) is 0 Å². The number of phenols is 2. The SMILES string of the molecule is NC(=O)C(O)CNCc1ccc(O)c(O)c1. The number of rotatable bonds is 5. The Balaban J connectivity index is 2.43. The third kappa shape index (κ3) is 3.41. The molecule has 6 heteroatoms. The molecular formula is C10H14N2O4. The zero-order valence-corrected chi connectivity index (χ0v) is 8.55. The second-order valence-corrected chi connectivity index (χ2v) is 3.37. The van der Waals surface area contributed by atoms with E-state index in [1.165, 1.54) is 12.1 Å². The predicted octanol–water partition coefficient (Wildman–Crippen LogP) is -0.966. The second-order valence-electron chi connectivity index (χ2n) is 3.37. The van der Waals surface area contributed by atoms with Crippen LogP contribution in [0.5, 0.6) is 11.5 Å². The van der Waals surface area contributed by atoms with Gasteiger partial charge in [0.2, 0.25) is 5.91 Å². The summed E-state index contributed by atoms with van der Waals surface area (Å²) in [6, 6.07) is 4.36. The molecule has 0 saturated carbocycles. The number of carbonyl (C=O) groups excluding carboxylic acids is 1. The lowest BCUT2D eigenvalue weighted by Gasteiger charge is -2.08. The Morgan fingerprint density at radius 3 is 2.62 bits per heavy atom.